The molecule has 1 heterocycles. The van der Waals surface area contributed by atoms with Crippen LogP contribution in [0.3, 0.4) is 0 Å². The highest BCUT2D eigenvalue weighted by Crippen LogP contribution is 2.44. The molecule has 0 aliphatic carbocycles. The van der Waals surface area contributed by atoms with Crippen molar-refractivity contribution in [1.29, 1.82) is 0 Å². The summed E-state index contributed by atoms with van der Waals surface area (Å²) < 4.78 is 25.8. The molecule has 3 aromatic rings. The number of aliphatic carboxylic acids is 1. The Kier molecular flexibility index (Phi) is 7.73. The second-order valence-electron chi connectivity index (χ2n) is 9.62. The minimum Gasteiger partial charge on any atom is -0.493 e. The molecule has 1 aliphatic heterocycles. The molecular weight excluding hydrogens is 497 g/mol. The number of carboxylic acids is 1. The highest BCUT2D eigenvalue weighted by molar-refractivity contribution is 6.30. The van der Waals surface area contributed by atoms with E-state index in [1.807, 2.05) is 38.1 Å². The van der Waals surface area contributed by atoms with Crippen molar-refractivity contribution in [2.75, 3.05) is 20.2 Å². The highest BCUT2D eigenvalue weighted by Gasteiger charge is 2.38. The van der Waals surface area contributed by atoms with Crippen LogP contribution in [0, 0.1) is 12.7 Å². The number of amides is 1. The summed E-state index contributed by atoms with van der Waals surface area (Å²) >= 11 is 5.82. The predicted octanol–water partition coefficient (Wildman–Crippen LogP) is 5.50. The van der Waals surface area contributed by atoms with Gasteiger partial charge in [-0.25, -0.2) is 4.39 Å². The number of rotatable bonds is 9. The quantitative estimate of drug-likeness (QED) is 0.399. The summed E-state index contributed by atoms with van der Waals surface area (Å²) in [5.41, 5.74) is 3.28. The van der Waals surface area contributed by atoms with Gasteiger partial charge >= 0.3 is 5.97 Å². The van der Waals surface area contributed by atoms with Crippen molar-refractivity contribution < 1.29 is 28.6 Å². The average Bonchev–Trinajstić information content (AvgIpc) is 3.19. The molecule has 0 aromatic heterocycles. The van der Waals surface area contributed by atoms with Crippen LogP contribution in [0.1, 0.15) is 39.5 Å². The third-order valence-electron chi connectivity index (χ3n) is 6.60. The third-order valence-corrected chi connectivity index (χ3v) is 6.91. The van der Waals surface area contributed by atoms with Crippen molar-refractivity contribution in [2.24, 2.45) is 0 Å². The molecule has 194 valence electrons. The van der Waals surface area contributed by atoms with E-state index >= 15 is 0 Å². The Labute approximate surface area is 220 Å². The van der Waals surface area contributed by atoms with E-state index in [0.29, 0.717) is 36.3 Å². The zero-order valence-electron chi connectivity index (χ0n) is 21.0. The first-order valence-corrected chi connectivity index (χ1v) is 12.4. The van der Waals surface area contributed by atoms with E-state index < -0.39 is 29.8 Å². The van der Waals surface area contributed by atoms with Gasteiger partial charge in [-0.05, 0) is 61.2 Å². The Morgan fingerprint density at radius 2 is 1.95 bits per heavy atom. The zero-order chi connectivity index (χ0) is 26.7. The van der Waals surface area contributed by atoms with Gasteiger partial charge in [-0.3, -0.25) is 9.59 Å². The van der Waals surface area contributed by atoms with Gasteiger partial charge in [0.05, 0.1) is 12.1 Å². The summed E-state index contributed by atoms with van der Waals surface area (Å²) in [4.78, 5) is 26.4. The van der Waals surface area contributed by atoms with Gasteiger partial charge in [0, 0.05) is 30.5 Å². The second-order valence-corrected chi connectivity index (χ2v) is 10.0. The van der Waals surface area contributed by atoms with E-state index in [-0.39, 0.29) is 11.6 Å². The molecule has 8 heteroatoms. The number of methoxy groups -OCH3 is 1. The zero-order valence-corrected chi connectivity index (χ0v) is 21.8. The highest BCUT2D eigenvalue weighted by atomic mass is 35.5. The van der Waals surface area contributed by atoms with Crippen LogP contribution in [0.5, 0.6) is 11.5 Å². The summed E-state index contributed by atoms with van der Waals surface area (Å²) in [7, 11) is 1.49. The Hall–Kier alpha value is -3.58. The van der Waals surface area contributed by atoms with Crippen LogP contribution in [0.2, 0.25) is 5.02 Å². The fourth-order valence-electron chi connectivity index (χ4n) is 4.79. The number of fused-ring (bicyclic) bond motifs is 1. The third kappa shape index (κ3) is 6.05. The van der Waals surface area contributed by atoms with E-state index in [9.17, 15) is 19.1 Å². The Morgan fingerprint density at radius 3 is 2.62 bits per heavy atom. The Morgan fingerprint density at radius 1 is 1.19 bits per heavy atom. The number of benzene rings is 3. The van der Waals surface area contributed by atoms with Gasteiger partial charge in [-0.1, -0.05) is 41.9 Å². The van der Waals surface area contributed by atoms with Crippen molar-refractivity contribution in [1.82, 2.24) is 4.90 Å². The molecule has 0 bridgehead atoms. The van der Waals surface area contributed by atoms with Gasteiger partial charge in [-0.15, -0.1) is 0 Å². The van der Waals surface area contributed by atoms with Gasteiger partial charge in [0.2, 0.25) is 0 Å². The largest absolute Gasteiger partial charge is 0.493 e. The number of nitrogens with zero attached hydrogens (tertiary/aromatic N) is 1. The van der Waals surface area contributed by atoms with Gasteiger partial charge in [0.25, 0.3) is 5.91 Å². The molecule has 6 nitrogen and oxygen atoms in total. The summed E-state index contributed by atoms with van der Waals surface area (Å²) in [6.07, 6.45) is 1.42. The average molecular weight is 526 g/mol. The molecule has 0 saturated heterocycles. The van der Waals surface area contributed by atoms with E-state index in [4.69, 9.17) is 21.1 Å². The first kappa shape index (κ1) is 26.5. The van der Waals surface area contributed by atoms with Crippen LogP contribution in [0.4, 0.5) is 4.39 Å². The molecule has 1 aliphatic rings. The van der Waals surface area contributed by atoms with Crippen LogP contribution in [0.15, 0.2) is 54.6 Å². The molecule has 0 unspecified atom stereocenters. The van der Waals surface area contributed by atoms with Crippen molar-refractivity contribution >= 4 is 23.5 Å². The standard InChI is InChI=1S/C29H29ClFNO5/c1-18-6-4-5-7-20(18)10-11-32(17-26(33)34)28(35)21-13-22-16-29(2,37-27(22)25(14-21)36-3)15-19-8-9-23(30)24(31)12-19/h4-9,12-14H,10-11,15-17H2,1-3H3,(H,33,34)/t29-/m0/s1. The van der Waals surface area contributed by atoms with Crippen LogP contribution in [-0.4, -0.2) is 47.7 Å². The van der Waals surface area contributed by atoms with E-state index in [2.05, 4.69) is 0 Å². The summed E-state index contributed by atoms with van der Waals surface area (Å²) in [6.45, 7) is 3.74. The van der Waals surface area contributed by atoms with Crippen molar-refractivity contribution in [3.8, 4) is 11.5 Å². The van der Waals surface area contributed by atoms with E-state index in [1.165, 1.54) is 24.1 Å². The number of hydrogen-bond acceptors (Lipinski definition) is 4. The molecule has 37 heavy (non-hydrogen) atoms. The lowest BCUT2D eigenvalue weighted by Crippen LogP contribution is -2.37. The maximum Gasteiger partial charge on any atom is 0.323 e. The summed E-state index contributed by atoms with van der Waals surface area (Å²) in [5, 5.41) is 9.52. The number of ether oxygens (including phenoxy) is 2. The minimum atomic E-state index is -1.09. The van der Waals surface area contributed by atoms with Crippen LogP contribution < -0.4 is 9.47 Å². The molecule has 0 radical (unpaired) electrons. The monoisotopic (exact) mass is 525 g/mol. The molecule has 1 atom stereocenters. The molecule has 1 amide bonds. The molecule has 3 aromatic carbocycles. The lowest BCUT2D eigenvalue weighted by atomic mass is 9.91. The molecule has 1 N–H and O–H groups in total. The van der Waals surface area contributed by atoms with Crippen molar-refractivity contribution in [3.63, 3.8) is 0 Å². The molecular formula is C29H29ClFNO5. The number of carbonyl (C=O) groups excluding carboxylic acids is 1. The SMILES string of the molecule is COc1cc(C(=O)N(CCc2ccccc2C)CC(=O)O)cc2c1O[C@@](C)(Cc1ccc(Cl)c(F)c1)C2. The number of carboxylic acid groups (broad SMARTS) is 1. The van der Waals surface area contributed by atoms with Crippen LogP contribution in [0.25, 0.3) is 0 Å². The number of aryl methyl sites for hydroxylation is 1. The van der Waals surface area contributed by atoms with Crippen LogP contribution in [-0.2, 0) is 24.1 Å². The molecule has 0 saturated carbocycles. The Balaban J connectivity index is 1.57. The number of hydrogen-bond donors (Lipinski definition) is 1. The predicted molar refractivity (Wildman–Crippen MR) is 139 cm³/mol. The molecule has 4 rings (SSSR count). The topological polar surface area (TPSA) is 76.1 Å². The lowest BCUT2D eigenvalue weighted by Gasteiger charge is -2.24. The lowest BCUT2D eigenvalue weighted by molar-refractivity contribution is -0.137. The molecule has 0 fully saturated rings. The van der Waals surface area contributed by atoms with Crippen LogP contribution >= 0.6 is 11.6 Å². The van der Waals surface area contributed by atoms with Gasteiger partial charge in [0.1, 0.15) is 18.0 Å². The fourth-order valence-corrected chi connectivity index (χ4v) is 4.91. The number of carbonyl (C=O) groups is 2. The smallest absolute Gasteiger partial charge is 0.323 e. The van der Waals surface area contributed by atoms with Crippen molar-refractivity contribution in [3.05, 3.63) is 93.3 Å². The second kappa shape index (κ2) is 10.8. The maximum absolute atomic E-state index is 14.0. The Bertz CT molecular complexity index is 1340. The number of halogens is 2. The van der Waals surface area contributed by atoms with E-state index in [0.717, 1.165) is 22.3 Å². The fraction of sp³-hybridized carbons (Fsp3) is 0.310. The van der Waals surface area contributed by atoms with Gasteiger partial charge in [-0.2, -0.15) is 0 Å². The molecule has 0 spiro atoms. The summed E-state index contributed by atoms with van der Waals surface area (Å²) in [5.74, 6) is -1.06. The summed E-state index contributed by atoms with van der Waals surface area (Å²) in [6, 6.07) is 15.8. The van der Waals surface area contributed by atoms with Gasteiger partial charge in [0.15, 0.2) is 11.5 Å². The minimum absolute atomic E-state index is 0.0580. The van der Waals surface area contributed by atoms with Crippen molar-refractivity contribution in [2.45, 2.75) is 38.7 Å². The first-order chi connectivity index (χ1) is 17.6. The normalized spacial score (nSPS) is 16.1. The van der Waals surface area contributed by atoms with E-state index in [1.54, 1.807) is 18.2 Å². The van der Waals surface area contributed by atoms with Gasteiger partial charge < -0.3 is 19.5 Å². The first-order valence-electron chi connectivity index (χ1n) is 12.0. The maximum atomic E-state index is 14.0.